The predicted molar refractivity (Wildman–Crippen MR) is 95.1 cm³/mol. The van der Waals surface area contributed by atoms with Crippen molar-refractivity contribution in [1.29, 1.82) is 0 Å². The van der Waals surface area contributed by atoms with Gasteiger partial charge in [-0.2, -0.15) is 0 Å². The van der Waals surface area contributed by atoms with E-state index in [9.17, 15) is 0 Å². The van der Waals surface area contributed by atoms with E-state index in [4.69, 9.17) is 14.2 Å². The Morgan fingerprint density at radius 1 is 1.12 bits per heavy atom. The number of aromatic nitrogens is 2. The molecule has 2 saturated heterocycles. The number of anilines is 1. The van der Waals surface area contributed by atoms with Gasteiger partial charge in [0.25, 0.3) is 0 Å². The van der Waals surface area contributed by atoms with E-state index in [0.717, 1.165) is 44.3 Å². The smallest absolute Gasteiger partial charge is 0.231 e. The third-order valence-electron chi connectivity index (χ3n) is 5.45. The van der Waals surface area contributed by atoms with Crippen molar-refractivity contribution in [3.05, 3.63) is 42.2 Å². The van der Waals surface area contributed by atoms with Crippen LogP contribution in [0.2, 0.25) is 0 Å². The maximum absolute atomic E-state index is 6.05. The van der Waals surface area contributed by atoms with Crippen LogP contribution in [0.5, 0.6) is 11.5 Å². The second-order valence-corrected chi connectivity index (χ2v) is 7.13. The summed E-state index contributed by atoms with van der Waals surface area (Å²) >= 11 is 0. The molecule has 26 heavy (non-hydrogen) atoms. The molecular weight excluding hydrogens is 332 g/mol. The molecule has 7 nitrogen and oxygen atoms in total. The Morgan fingerprint density at radius 3 is 2.92 bits per heavy atom. The molecule has 1 aromatic carbocycles. The van der Waals surface area contributed by atoms with Crippen LogP contribution in [-0.2, 0) is 11.3 Å². The first-order valence-electron chi connectivity index (χ1n) is 9.08. The average molecular weight is 354 g/mol. The minimum Gasteiger partial charge on any atom is -0.454 e. The lowest BCUT2D eigenvalue weighted by atomic mass is 9.93. The maximum atomic E-state index is 6.05. The van der Waals surface area contributed by atoms with E-state index in [-0.39, 0.29) is 0 Å². The van der Waals surface area contributed by atoms with Gasteiger partial charge in [-0.1, -0.05) is 6.07 Å². The zero-order valence-electron chi connectivity index (χ0n) is 14.5. The van der Waals surface area contributed by atoms with Crippen molar-refractivity contribution >= 4 is 5.95 Å². The summed E-state index contributed by atoms with van der Waals surface area (Å²) in [6.07, 6.45) is 3.84. The third kappa shape index (κ3) is 3.08. The van der Waals surface area contributed by atoms with Crippen LogP contribution >= 0.6 is 0 Å². The number of hydrogen-bond donors (Lipinski definition) is 1. The maximum Gasteiger partial charge on any atom is 0.231 e. The van der Waals surface area contributed by atoms with Crippen molar-refractivity contribution in [3.63, 3.8) is 0 Å². The fourth-order valence-corrected chi connectivity index (χ4v) is 4.13. The van der Waals surface area contributed by atoms with Crippen LogP contribution < -0.4 is 14.8 Å². The van der Waals surface area contributed by atoms with Gasteiger partial charge in [-0.3, -0.25) is 4.90 Å². The average Bonchev–Trinajstić information content (AvgIpc) is 3.36. The van der Waals surface area contributed by atoms with Crippen LogP contribution in [-0.4, -0.2) is 54.0 Å². The molecule has 5 rings (SSSR count). The van der Waals surface area contributed by atoms with Crippen LogP contribution in [0.3, 0.4) is 0 Å². The molecule has 0 spiro atoms. The second kappa shape index (κ2) is 6.74. The Morgan fingerprint density at radius 2 is 2.00 bits per heavy atom. The highest BCUT2D eigenvalue weighted by atomic mass is 16.7. The first kappa shape index (κ1) is 15.8. The van der Waals surface area contributed by atoms with Crippen molar-refractivity contribution in [3.8, 4) is 11.5 Å². The van der Waals surface area contributed by atoms with Crippen molar-refractivity contribution in [2.24, 2.45) is 11.8 Å². The molecule has 3 atom stereocenters. The molecular formula is C19H22N4O3. The zero-order chi connectivity index (χ0) is 17.3. The van der Waals surface area contributed by atoms with Crippen molar-refractivity contribution in [2.45, 2.75) is 12.6 Å². The predicted octanol–water partition coefficient (Wildman–Crippen LogP) is 1.76. The van der Waals surface area contributed by atoms with E-state index in [1.54, 1.807) is 12.4 Å². The lowest BCUT2D eigenvalue weighted by molar-refractivity contribution is 0.0946. The molecule has 2 aromatic rings. The highest BCUT2D eigenvalue weighted by molar-refractivity contribution is 5.44. The highest BCUT2D eigenvalue weighted by Crippen LogP contribution is 2.36. The molecule has 7 heteroatoms. The Labute approximate surface area is 152 Å². The Bertz CT molecular complexity index is 773. The Kier molecular flexibility index (Phi) is 4.10. The lowest BCUT2D eigenvalue weighted by Gasteiger charge is -2.20. The third-order valence-corrected chi connectivity index (χ3v) is 5.45. The molecule has 0 bridgehead atoms. The molecule has 136 valence electrons. The van der Waals surface area contributed by atoms with Gasteiger partial charge in [0.15, 0.2) is 11.5 Å². The number of fused-ring (bicyclic) bond motifs is 2. The molecule has 2 fully saturated rings. The number of ether oxygens (including phenoxy) is 3. The molecule has 0 amide bonds. The van der Waals surface area contributed by atoms with Crippen LogP contribution in [0.15, 0.2) is 36.7 Å². The van der Waals surface area contributed by atoms with Crippen molar-refractivity contribution < 1.29 is 14.2 Å². The van der Waals surface area contributed by atoms with Crippen LogP contribution in [0.4, 0.5) is 5.95 Å². The molecule has 3 aliphatic heterocycles. The molecule has 0 aliphatic carbocycles. The van der Waals surface area contributed by atoms with E-state index in [2.05, 4.69) is 32.3 Å². The van der Waals surface area contributed by atoms with E-state index < -0.39 is 0 Å². The van der Waals surface area contributed by atoms with Gasteiger partial charge in [-0.05, 0) is 23.8 Å². The van der Waals surface area contributed by atoms with Gasteiger partial charge >= 0.3 is 0 Å². The minimum atomic E-state index is 0.320. The molecule has 3 aliphatic rings. The van der Waals surface area contributed by atoms with Crippen molar-refractivity contribution in [1.82, 2.24) is 14.9 Å². The number of nitrogens with zero attached hydrogens (tertiary/aromatic N) is 3. The number of nitrogens with one attached hydrogen (secondary N) is 1. The van der Waals surface area contributed by atoms with Crippen molar-refractivity contribution in [2.75, 3.05) is 38.4 Å². The summed E-state index contributed by atoms with van der Waals surface area (Å²) in [7, 11) is 0. The summed E-state index contributed by atoms with van der Waals surface area (Å²) in [5.41, 5.74) is 1.25. The number of hydrogen-bond acceptors (Lipinski definition) is 7. The van der Waals surface area contributed by atoms with Crippen LogP contribution in [0.1, 0.15) is 5.56 Å². The van der Waals surface area contributed by atoms with Gasteiger partial charge in [-0.15, -0.1) is 0 Å². The molecule has 0 saturated carbocycles. The lowest BCUT2D eigenvalue weighted by Crippen LogP contribution is -2.27. The number of benzene rings is 1. The van der Waals surface area contributed by atoms with E-state index >= 15 is 0 Å². The summed E-state index contributed by atoms with van der Waals surface area (Å²) < 4.78 is 16.9. The fraction of sp³-hybridized carbons (Fsp3) is 0.474. The van der Waals surface area contributed by atoms with Gasteiger partial charge < -0.3 is 19.5 Å². The summed E-state index contributed by atoms with van der Waals surface area (Å²) in [5.74, 6) is 3.42. The quantitative estimate of drug-likeness (QED) is 0.877. The fourth-order valence-electron chi connectivity index (χ4n) is 4.13. The topological polar surface area (TPSA) is 68.7 Å². The summed E-state index contributed by atoms with van der Waals surface area (Å²) in [5, 5.41) is 3.34. The second-order valence-electron chi connectivity index (χ2n) is 7.13. The molecule has 0 unspecified atom stereocenters. The summed E-state index contributed by atoms with van der Waals surface area (Å²) in [4.78, 5) is 10.9. The molecule has 4 heterocycles. The molecule has 0 radical (unpaired) electrons. The first-order chi connectivity index (χ1) is 12.8. The van der Waals surface area contributed by atoms with E-state index in [0.29, 0.717) is 30.7 Å². The minimum absolute atomic E-state index is 0.320. The van der Waals surface area contributed by atoms with Gasteiger partial charge in [-0.25, -0.2) is 9.97 Å². The molecule has 1 aromatic heterocycles. The monoisotopic (exact) mass is 354 g/mol. The largest absolute Gasteiger partial charge is 0.454 e. The Hall–Kier alpha value is -2.38. The SMILES string of the molecule is c1cnc(NC[C@@H]2CO[C@H]3CN(Cc4ccc5c(c4)OCO5)C[C@@H]23)nc1. The normalized spacial score (nSPS) is 26.8. The summed E-state index contributed by atoms with van der Waals surface area (Å²) in [6, 6.07) is 8.03. The number of rotatable bonds is 5. The van der Waals surface area contributed by atoms with Gasteiger partial charge in [0.1, 0.15) is 0 Å². The van der Waals surface area contributed by atoms with Gasteiger partial charge in [0, 0.05) is 50.4 Å². The summed E-state index contributed by atoms with van der Waals surface area (Å²) in [6.45, 7) is 4.93. The first-order valence-corrected chi connectivity index (χ1v) is 9.08. The standard InChI is InChI=1S/C19H22N4O3/c1-4-20-19(21-5-1)22-7-14-11-24-18-10-23(9-15(14)18)8-13-2-3-16-17(6-13)26-12-25-16/h1-6,14-15,18H,7-12H2,(H,20,21,22)/t14-,15+,18+/m1/s1. The van der Waals surface area contributed by atoms with E-state index in [1.165, 1.54) is 5.56 Å². The number of likely N-dealkylation sites (tertiary alicyclic amines) is 1. The molecule has 1 N–H and O–H groups in total. The Balaban J connectivity index is 1.18. The van der Waals surface area contributed by atoms with Gasteiger partial charge in [0.2, 0.25) is 12.7 Å². The van der Waals surface area contributed by atoms with Gasteiger partial charge in [0.05, 0.1) is 12.7 Å². The zero-order valence-corrected chi connectivity index (χ0v) is 14.5. The van der Waals surface area contributed by atoms with Crippen LogP contribution in [0, 0.1) is 11.8 Å². The highest BCUT2D eigenvalue weighted by Gasteiger charge is 2.43. The van der Waals surface area contributed by atoms with E-state index in [1.807, 2.05) is 12.1 Å². The van der Waals surface area contributed by atoms with Crippen LogP contribution in [0.25, 0.3) is 0 Å².